The van der Waals surface area contributed by atoms with Crippen molar-refractivity contribution in [2.45, 2.75) is 25.7 Å². The molecule has 0 radical (unpaired) electrons. The molecule has 5 nitrogen and oxygen atoms in total. The normalized spacial score (nSPS) is 15.1. The van der Waals surface area contributed by atoms with E-state index in [4.69, 9.17) is 5.11 Å². The molecule has 0 aliphatic carbocycles. The summed E-state index contributed by atoms with van der Waals surface area (Å²) in [6.45, 7) is 1.41. The van der Waals surface area contributed by atoms with E-state index in [2.05, 4.69) is 29.2 Å². The fourth-order valence-corrected chi connectivity index (χ4v) is 3.28. The number of carboxylic acids is 1. The molecule has 1 aliphatic rings. The van der Waals surface area contributed by atoms with Gasteiger partial charge in [0.2, 0.25) is 0 Å². The van der Waals surface area contributed by atoms with E-state index in [-0.39, 0.29) is 17.3 Å². The lowest BCUT2D eigenvalue weighted by molar-refractivity contribution is 0.0677. The van der Waals surface area contributed by atoms with Crippen LogP contribution in [-0.4, -0.2) is 40.0 Å². The predicted octanol–water partition coefficient (Wildman–Crippen LogP) is 3.26. The summed E-state index contributed by atoms with van der Waals surface area (Å²) in [4.78, 5) is 29.3. The SMILES string of the molecule is O=C(O)c1cccc(C(=O)N2CCC(CCc3ccccc3)CC2)n1. The Morgan fingerprint density at radius 1 is 1.00 bits per heavy atom. The van der Waals surface area contributed by atoms with Gasteiger partial charge in [0.25, 0.3) is 5.91 Å². The number of aromatic carboxylic acids is 1. The van der Waals surface area contributed by atoms with Gasteiger partial charge in [0, 0.05) is 13.1 Å². The van der Waals surface area contributed by atoms with Crippen LogP contribution in [0.2, 0.25) is 0 Å². The molecule has 25 heavy (non-hydrogen) atoms. The molecule has 1 amide bonds. The number of piperidine rings is 1. The van der Waals surface area contributed by atoms with Crippen LogP contribution in [0, 0.1) is 5.92 Å². The molecular formula is C20H22N2O3. The van der Waals surface area contributed by atoms with E-state index in [9.17, 15) is 9.59 Å². The largest absolute Gasteiger partial charge is 0.477 e. The number of pyridine rings is 1. The van der Waals surface area contributed by atoms with Gasteiger partial charge in [-0.05, 0) is 49.3 Å². The molecule has 1 aromatic carbocycles. The van der Waals surface area contributed by atoms with Crippen LogP contribution >= 0.6 is 0 Å². The second-order valence-electron chi connectivity index (χ2n) is 6.47. The van der Waals surface area contributed by atoms with E-state index in [0.717, 1.165) is 25.7 Å². The number of likely N-dealkylation sites (tertiary alicyclic amines) is 1. The third-order valence-corrected chi connectivity index (χ3v) is 4.77. The third-order valence-electron chi connectivity index (χ3n) is 4.77. The van der Waals surface area contributed by atoms with Crippen LogP contribution in [0.3, 0.4) is 0 Å². The summed E-state index contributed by atoms with van der Waals surface area (Å²) in [5, 5.41) is 9.00. The highest BCUT2D eigenvalue weighted by molar-refractivity contribution is 5.94. The lowest BCUT2D eigenvalue weighted by atomic mass is 9.90. The van der Waals surface area contributed by atoms with Crippen molar-refractivity contribution in [2.24, 2.45) is 5.92 Å². The van der Waals surface area contributed by atoms with Crippen LogP contribution in [0.4, 0.5) is 0 Å². The van der Waals surface area contributed by atoms with E-state index >= 15 is 0 Å². The number of benzene rings is 1. The summed E-state index contributed by atoms with van der Waals surface area (Å²) in [7, 11) is 0. The zero-order valence-electron chi connectivity index (χ0n) is 14.1. The monoisotopic (exact) mass is 338 g/mol. The molecule has 1 N–H and O–H groups in total. The van der Waals surface area contributed by atoms with Crippen molar-refractivity contribution in [3.05, 3.63) is 65.5 Å². The second-order valence-corrected chi connectivity index (χ2v) is 6.47. The summed E-state index contributed by atoms with van der Waals surface area (Å²) in [6, 6.07) is 15.0. The van der Waals surface area contributed by atoms with Crippen LogP contribution in [0.5, 0.6) is 0 Å². The van der Waals surface area contributed by atoms with E-state index in [1.807, 2.05) is 6.07 Å². The standard InChI is InChI=1S/C20H22N2O3/c23-19(17-7-4-8-18(21-17)20(24)25)22-13-11-16(12-14-22)10-9-15-5-2-1-3-6-15/h1-8,16H,9-14H2,(H,24,25). The highest BCUT2D eigenvalue weighted by atomic mass is 16.4. The Hall–Kier alpha value is -2.69. The van der Waals surface area contributed by atoms with Gasteiger partial charge in [-0.15, -0.1) is 0 Å². The Morgan fingerprint density at radius 2 is 1.68 bits per heavy atom. The molecule has 2 aromatic rings. The van der Waals surface area contributed by atoms with Crippen LogP contribution in [0.25, 0.3) is 0 Å². The minimum atomic E-state index is -1.12. The Kier molecular flexibility index (Phi) is 5.43. The smallest absolute Gasteiger partial charge is 0.354 e. The predicted molar refractivity (Wildman–Crippen MR) is 94.6 cm³/mol. The minimum Gasteiger partial charge on any atom is -0.477 e. The van der Waals surface area contributed by atoms with E-state index in [1.165, 1.54) is 11.6 Å². The number of carboxylic acid groups (broad SMARTS) is 1. The van der Waals surface area contributed by atoms with Crippen LogP contribution in [0.15, 0.2) is 48.5 Å². The van der Waals surface area contributed by atoms with Gasteiger partial charge >= 0.3 is 5.97 Å². The minimum absolute atomic E-state index is 0.0939. The molecule has 0 atom stereocenters. The maximum atomic E-state index is 12.5. The summed E-state index contributed by atoms with van der Waals surface area (Å²) in [5.41, 5.74) is 1.47. The number of aryl methyl sites for hydroxylation is 1. The average molecular weight is 338 g/mol. The average Bonchev–Trinajstić information content (AvgIpc) is 2.67. The highest BCUT2D eigenvalue weighted by Crippen LogP contribution is 2.23. The van der Waals surface area contributed by atoms with Gasteiger partial charge in [0.15, 0.2) is 0 Å². The molecule has 1 aromatic heterocycles. The topological polar surface area (TPSA) is 70.5 Å². The number of nitrogens with zero attached hydrogens (tertiary/aromatic N) is 2. The van der Waals surface area contributed by atoms with Crippen molar-refractivity contribution < 1.29 is 14.7 Å². The number of aromatic nitrogens is 1. The summed E-state index contributed by atoms with van der Waals surface area (Å²) >= 11 is 0. The molecule has 0 bridgehead atoms. The fraction of sp³-hybridized carbons (Fsp3) is 0.350. The zero-order valence-corrected chi connectivity index (χ0v) is 14.1. The van der Waals surface area contributed by atoms with Crippen molar-refractivity contribution >= 4 is 11.9 Å². The number of hydrogen-bond donors (Lipinski definition) is 1. The van der Waals surface area contributed by atoms with Gasteiger partial charge < -0.3 is 10.0 Å². The van der Waals surface area contributed by atoms with E-state index < -0.39 is 5.97 Å². The van der Waals surface area contributed by atoms with Crippen molar-refractivity contribution in [1.29, 1.82) is 0 Å². The van der Waals surface area contributed by atoms with E-state index in [1.54, 1.807) is 17.0 Å². The van der Waals surface area contributed by atoms with Crippen LogP contribution in [0.1, 0.15) is 45.8 Å². The number of hydrogen-bond acceptors (Lipinski definition) is 3. The Labute approximate surface area is 147 Å². The Morgan fingerprint density at radius 3 is 2.36 bits per heavy atom. The second kappa shape index (κ2) is 7.92. The lowest BCUT2D eigenvalue weighted by Crippen LogP contribution is -2.39. The van der Waals surface area contributed by atoms with Crippen molar-refractivity contribution in [3.8, 4) is 0 Å². The number of carbonyl (C=O) groups excluding carboxylic acids is 1. The van der Waals surface area contributed by atoms with Crippen molar-refractivity contribution in [3.63, 3.8) is 0 Å². The molecule has 1 fully saturated rings. The van der Waals surface area contributed by atoms with Crippen LogP contribution in [-0.2, 0) is 6.42 Å². The van der Waals surface area contributed by atoms with Gasteiger partial charge in [-0.2, -0.15) is 0 Å². The summed E-state index contributed by atoms with van der Waals surface area (Å²) in [5.74, 6) is -0.665. The molecule has 130 valence electrons. The number of rotatable bonds is 5. The molecule has 1 saturated heterocycles. The first-order chi connectivity index (χ1) is 12.1. The highest BCUT2D eigenvalue weighted by Gasteiger charge is 2.24. The Balaban J connectivity index is 1.52. The molecule has 2 heterocycles. The van der Waals surface area contributed by atoms with Crippen LogP contribution < -0.4 is 0 Å². The molecule has 0 unspecified atom stereocenters. The number of amides is 1. The first-order valence-corrected chi connectivity index (χ1v) is 8.67. The van der Waals surface area contributed by atoms with E-state index in [0.29, 0.717) is 19.0 Å². The number of carbonyl (C=O) groups is 2. The fourth-order valence-electron chi connectivity index (χ4n) is 3.28. The van der Waals surface area contributed by atoms with Crippen molar-refractivity contribution in [2.75, 3.05) is 13.1 Å². The van der Waals surface area contributed by atoms with Gasteiger partial charge in [0.1, 0.15) is 11.4 Å². The first-order valence-electron chi connectivity index (χ1n) is 8.67. The zero-order chi connectivity index (χ0) is 17.6. The summed E-state index contributed by atoms with van der Waals surface area (Å²) in [6.07, 6.45) is 4.18. The van der Waals surface area contributed by atoms with Crippen molar-refractivity contribution in [1.82, 2.24) is 9.88 Å². The maximum absolute atomic E-state index is 12.5. The molecular weight excluding hydrogens is 316 g/mol. The van der Waals surface area contributed by atoms with Gasteiger partial charge in [0.05, 0.1) is 0 Å². The Bertz CT molecular complexity index is 738. The van der Waals surface area contributed by atoms with Gasteiger partial charge in [-0.3, -0.25) is 4.79 Å². The molecule has 0 spiro atoms. The quantitative estimate of drug-likeness (QED) is 0.908. The third kappa shape index (κ3) is 4.44. The molecule has 0 saturated carbocycles. The molecule has 3 rings (SSSR count). The van der Waals surface area contributed by atoms with Gasteiger partial charge in [-0.1, -0.05) is 36.4 Å². The maximum Gasteiger partial charge on any atom is 0.354 e. The first kappa shape index (κ1) is 17.1. The summed E-state index contributed by atoms with van der Waals surface area (Å²) < 4.78 is 0. The lowest BCUT2D eigenvalue weighted by Gasteiger charge is -2.32. The molecule has 5 heteroatoms. The molecule has 1 aliphatic heterocycles. The van der Waals surface area contributed by atoms with Gasteiger partial charge in [-0.25, -0.2) is 9.78 Å².